The maximum atomic E-state index is 13.1. The van der Waals surface area contributed by atoms with Gasteiger partial charge in [0, 0.05) is 17.4 Å². The van der Waals surface area contributed by atoms with Crippen LogP contribution in [0, 0.1) is 5.82 Å². The lowest BCUT2D eigenvalue weighted by Gasteiger charge is -2.14. The second-order valence-electron chi connectivity index (χ2n) is 5.66. The zero-order valence-electron chi connectivity index (χ0n) is 14.6. The Morgan fingerprint density at radius 1 is 0.852 bits per heavy atom. The van der Waals surface area contributed by atoms with Crippen LogP contribution >= 0.6 is 12.4 Å². The maximum Gasteiger partial charge on any atom is 0.233 e. The largest absolute Gasteiger partial charge is 0.394 e. The number of halogens is 2. The number of rotatable bonds is 7. The van der Waals surface area contributed by atoms with Crippen molar-refractivity contribution in [2.24, 2.45) is 0 Å². The Hall–Kier alpha value is -2.97. The molecule has 0 aliphatic rings. The van der Waals surface area contributed by atoms with Crippen LogP contribution in [-0.2, 0) is 0 Å². The third-order valence-electron chi connectivity index (χ3n) is 3.42. The topological polar surface area (TPSA) is 95.0 Å². The first-order valence-corrected chi connectivity index (χ1v) is 8.10. The quantitative estimate of drug-likeness (QED) is 0.488. The van der Waals surface area contributed by atoms with Gasteiger partial charge < -0.3 is 21.1 Å². The van der Waals surface area contributed by atoms with Crippen molar-refractivity contribution in [1.82, 2.24) is 15.0 Å². The minimum Gasteiger partial charge on any atom is -0.394 e. The zero-order valence-corrected chi connectivity index (χ0v) is 15.4. The number of aromatic nitrogens is 3. The second-order valence-corrected chi connectivity index (χ2v) is 5.66. The summed E-state index contributed by atoms with van der Waals surface area (Å²) in [6.07, 6.45) is 0. The number of anilines is 5. The predicted molar refractivity (Wildman–Crippen MR) is 107 cm³/mol. The van der Waals surface area contributed by atoms with Gasteiger partial charge in [0.05, 0.1) is 6.61 Å². The van der Waals surface area contributed by atoms with Gasteiger partial charge in [-0.05, 0) is 43.3 Å². The summed E-state index contributed by atoms with van der Waals surface area (Å²) in [5, 5.41) is 18.4. The highest BCUT2D eigenvalue weighted by atomic mass is 35.5. The van der Waals surface area contributed by atoms with Crippen molar-refractivity contribution in [3.8, 4) is 0 Å². The molecule has 0 spiro atoms. The zero-order chi connectivity index (χ0) is 18.4. The highest BCUT2D eigenvalue weighted by Crippen LogP contribution is 2.19. The van der Waals surface area contributed by atoms with E-state index in [1.165, 1.54) is 12.1 Å². The van der Waals surface area contributed by atoms with Gasteiger partial charge in [0.25, 0.3) is 0 Å². The average Bonchev–Trinajstić information content (AvgIpc) is 2.64. The molecule has 3 aromatic rings. The van der Waals surface area contributed by atoms with Crippen molar-refractivity contribution >= 4 is 41.6 Å². The lowest BCUT2D eigenvalue weighted by Crippen LogP contribution is -2.21. The fraction of sp³-hybridized carbons (Fsp3) is 0.167. The number of aliphatic hydroxyl groups is 1. The first-order chi connectivity index (χ1) is 12.6. The van der Waals surface area contributed by atoms with Gasteiger partial charge in [-0.1, -0.05) is 18.2 Å². The first-order valence-electron chi connectivity index (χ1n) is 8.10. The van der Waals surface area contributed by atoms with Crippen LogP contribution in [0.25, 0.3) is 0 Å². The Morgan fingerprint density at radius 2 is 1.37 bits per heavy atom. The molecule has 7 nitrogen and oxygen atoms in total. The molecule has 0 saturated carbocycles. The predicted octanol–water partition coefficient (Wildman–Crippen LogP) is 3.71. The minimum absolute atomic E-state index is 0. The molecule has 0 amide bonds. The van der Waals surface area contributed by atoms with Crippen LogP contribution in [0.1, 0.15) is 6.92 Å². The smallest absolute Gasteiger partial charge is 0.233 e. The van der Waals surface area contributed by atoms with Crippen molar-refractivity contribution in [1.29, 1.82) is 0 Å². The van der Waals surface area contributed by atoms with Crippen LogP contribution in [-0.4, -0.2) is 32.7 Å². The highest BCUT2D eigenvalue weighted by molar-refractivity contribution is 5.85. The van der Waals surface area contributed by atoms with E-state index in [4.69, 9.17) is 0 Å². The van der Waals surface area contributed by atoms with E-state index in [-0.39, 0.29) is 36.8 Å². The van der Waals surface area contributed by atoms with E-state index in [1.807, 2.05) is 30.3 Å². The molecular formula is C18H20ClFN6O. The lowest BCUT2D eigenvalue weighted by molar-refractivity contribution is 0.281. The Kier molecular flexibility index (Phi) is 7.27. The Bertz CT molecular complexity index is 850. The molecule has 9 heteroatoms. The second kappa shape index (κ2) is 9.65. The number of nitrogens with zero attached hydrogens (tertiary/aromatic N) is 3. The van der Waals surface area contributed by atoms with E-state index in [9.17, 15) is 9.50 Å². The SMILES string of the molecule is C[C@H](CO)Nc1nc(Nc2ccccc2)nc(Nc2ccc(F)cc2)n1.Cl. The molecule has 0 unspecified atom stereocenters. The van der Waals surface area contributed by atoms with Crippen molar-refractivity contribution in [2.45, 2.75) is 13.0 Å². The molecule has 3 rings (SSSR count). The number of benzene rings is 2. The summed E-state index contributed by atoms with van der Waals surface area (Å²) in [6.45, 7) is 1.75. The third-order valence-corrected chi connectivity index (χ3v) is 3.42. The molecule has 0 fully saturated rings. The van der Waals surface area contributed by atoms with Crippen molar-refractivity contribution in [2.75, 3.05) is 22.6 Å². The van der Waals surface area contributed by atoms with Gasteiger partial charge in [0.15, 0.2) is 0 Å². The molecule has 1 atom stereocenters. The molecule has 0 aliphatic carbocycles. The van der Waals surface area contributed by atoms with E-state index in [2.05, 4.69) is 30.9 Å². The molecule has 1 aromatic heterocycles. The van der Waals surface area contributed by atoms with Crippen molar-refractivity contribution in [3.05, 3.63) is 60.4 Å². The maximum absolute atomic E-state index is 13.1. The summed E-state index contributed by atoms with van der Waals surface area (Å²) in [6, 6.07) is 15.1. The molecule has 2 aromatic carbocycles. The van der Waals surface area contributed by atoms with Crippen LogP contribution in [0.3, 0.4) is 0 Å². The summed E-state index contributed by atoms with van der Waals surface area (Å²) >= 11 is 0. The summed E-state index contributed by atoms with van der Waals surface area (Å²) in [4.78, 5) is 12.9. The molecule has 0 saturated heterocycles. The van der Waals surface area contributed by atoms with Crippen LogP contribution < -0.4 is 16.0 Å². The number of para-hydroxylation sites is 1. The Morgan fingerprint density at radius 3 is 1.93 bits per heavy atom. The lowest BCUT2D eigenvalue weighted by atomic mass is 10.3. The van der Waals surface area contributed by atoms with Gasteiger partial charge in [-0.3, -0.25) is 0 Å². The average molecular weight is 391 g/mol. The van der Waals surface area contributed by atoms with Crippen LogP contribution in [0.2, 0.25) is 0 Å². The molecule has 0 radical (unpaired) electrons. The van der Waals surface area contributed by atoms with Gasteiger partial charge >= 0.3 is 0 Å². The molecule has 0 bridgehead atoms. The molecule has 27 heavy (non-hydrogen) atoms. The van der Waals surface area contributed by atoms with E-state index in [0.29, 0.717) is 17.6 Å². The van der Waals surface area contributed by atoms with Gasteiger partial charge in [0.1, 0.15) is 5.82 Å². The van der Waals surface area contributed by atoms with Crippen molar-refractivity contribution < 1.29 is 9.50 Å². The van der Waals surface area contributed by atoms with Crippen LogP contribution in [0.5, 0.6) is 0 Å². The number of nitrogens with one attached hydrogen (secondary N) is 3. The van der Waals surface area contributed by atoms with Gasteiger partial charge in [0.2, 0.25) is 17.8 Å². The summed E-state index contributed by atoms with van der Waals surface area (Å²) in [5.41, 5.74) is 1.47. The standard InChI is InChI=1S/C18H19FN6O.ClH/c1-12(11-26)20-16-23-17(21-14-5-3-2-4-6-14)25-18(24-16)22-15-9-7-13(19)8-10-15;/h2-10,12,26H,11H2,1H3,(H3,20,21,22,23,24,25);1H/t12-;/m1./s1. The van der Waals surface area contributed by atoms with Gasteiger partial charge in [-0.25, -0.2) is 4.39 Å². The Balaban J connectivity index is 0.00000261. The molecule has 0 aliphatic heterocycles. The molecule has 4 N–H and O–H groups in total. The molecule has 1 heterocycles. The Labute approximate surface area is 162 Å². The summed E-state index contributed by atoms with van der Waals surface area (Å²) in [7, 11) is 0. The molecular weight excluding hydrogens is 371 g/mol. The first kappa shape index (κ1) is 20.3. The van der Waals surface area contributed by atoms with Crippen molar-refractivity contribution in [3.63, 3.8) is 0 Å². The van der Waals surface area contributed by atoms with Crippen LogP contribution in [0.15, 0.2) is 54.6 Å². The van der Waals surface area contributed by atoms with E-state index >= 15 is 0 Å². The van der Waals surface area contributed by atoms with Crippen LogP contribution in [0.4, 0.5) is 33.6 Å². The third kappa shape index (κ3) is 6.05. The molecule has 142 valence electrons. The summed E-state index contributed by atoms with van der Waals surface area (Å²) < 4.78 is 13.1. The van der Waals surface area contributed by atoms with E-state index in [0.717, 1.165) is 5.69 Å². The number of hydrogen-bond acceptors (Lipinski definition) is 7. The van der Waals surface area contributed by atoms with E-state index < -0.39 is 0 Å². The minimum atomic E-state index is -0.322. The van der Waals surface area contributed by atoms with Gasteiger partial charge in [-0.15, -0.1) is 12.4 Å². The monoisotopic (exact) mass is 390 g/mol. The summed E-state index contributed by atoms with van der Waals surface area (Å²) in [5.74, 6) is 0.613. The number of aliphatic hydroxyl groups excluding tert-OH is 1. The highest BCUT2D eigenvalue weighted by Gasteiger charge is 2.10. The normalized spacial score (nSPS) is 11.2. The number of hydrogen-bond donors (Lipinski definition) is 4. The van der Waals surface area contributed by atoms with E-state index in [1.54, 1.807) is 19.1 Å². The van der Waals surface area contributed by atoms with Gasteiger partial charge in [-0.2, -0.15) is 15.0 Å². The fourth-order valence-corrected chi connectivity index (χ4v) is 2.13. The fourth-order valence-electron chi connectivity index (χ4n) is 2.13.